The van der Waals surface area contributed by atoms with Gasteiger partial charge in [-0.05, 0) is 63.1 Å². The van der Waals surface area contributed by atoms with Gasteiger partial charge >= 0.3 is 0 Å². The van der Waals surface area contributed by atoms with Crippen LogP contribution in [-0.2, 0) is 4.79 Å². The molecule has 2 aromatic carbocycles. The Kier molecular flexibility index (Phi) is 9.32. The first-order valence-electron chi connectivity index (χ1n) is 12.4. The summed E-state index contributed by atoms with van der Waals surface area (Å²) in [5.74, 6) is 0.0996. The second-order valence-corrected chi connectivity index (χ2v) is 8.52. The number of anilines is 2. The Morgan fingerprint density at radius 1 is 0.697 bits per heavy atom. The third kappa shape index (κ3) is 6.58. The lowest BCUT2D eigenvalue weighted by molar-refractivity contribution is -0.125. The number of carbonyl (C=O) groups is 1. The average molecular weight is 446 g/mol. The van der Waals surface area contributed by atoms with Crippen LogP contribution in [0, 0.1) is 11.8 Å². The molecular formula is C29H39N3O. The van der Waals surface area contributed by atoms with Crippen molar-refractivity contribution in [1.82, 2.24) is 5.32 Å². The van der Waals surface area contributed by atoms with E-state index in [0.717, 1.165) is 37.3 Å². The fraction of sp³-hybridized carbons (Fsp3) is 0.414. The highest BCUT2D eigenvalue weighted by Gasteiger charge is 2.27. The predicted molar refractivity (Wildman–Crippen MR) is 143 cm³/mol. The summed E-state index contributed by atoms with van der Waals surface area (Å²) in [5.41, 5.74) is 4.74. The SMILES string of the molecule is CCN(CC)c1ccc(C=CC2CNCC(C=Cc3ccc(N(CC)CC)cc3)C2=O)cc1. The van der Waals surface area contributed by atoms with Crippen molar-refractivity contribution in [3.8, 4) is 0 Å². The predicted octanol–water partition coefficient (Wildman–Crippen LogP) is 5.51. The lowest BCUT2D eigenvalue weighted by Crippen LogP contribution is -2.42. The first kappa shape index (κ1) is 24.8. The maximum absolute atomic E-state index is 13.1. The van der Waals surface area contributed by atoms with Gasteiger partial charge in [0.2, 0.25) is 0 Å². The Balaban J connectivity index is 1.61. The minimum Gasteiger partial charge on any atom is -0.372 e. The van der Waals surface area contributed by atoms with Crippen LogP contribution in [0.4, 0.5) is 11.4 Å². The molecule has 2 unspecified atom stereocenters. The van der Waals surface area contributed by atoms with Crippen molar-refractivity contribution in [2.24, 2.45) is 11.8 Å². The highest BCUT2D eigenvalue weighted by atomic mass is 16.1. The van der Waals surface area contributed by atoms with Gasteiger partial charge in [0.1, 0.15) is 5.78 Å². The van der Waals surface area contributed by atoms with Gasteiger partial charge in [-0.3, -0.25) is 4.79 Å². The monoisotopic (exact) mass is 445 g/mol. The van der Waals surface area contributed by atoms with Crippen molar-refractivity contribution in [2.45, 2.75) is 27.7 Å². The lowest BCUT2D eigenvalue weighted by atomic mass is 9.87. The van der Waals surface area contributed by atoms with Crippen LogP contribution in [0.3, 0.4) is 0 Å². The molecule has 1 heterocycles. The molecule has 0 aromatic heterocycles. The van der Waals surface area contributed by atoms with E-state index in [0.29, 0.717) is 18.9 Å². The molecule has 0 radical (unpaired) electrons. The molecule has 1 fully saturated rings. The van der Waals surface area contributed by atoms with E-state index >= 15 is 0 Å². The summed E-state index contributed by atoms with van der Waals surface area (Å²) >= 11 is 0. The molecule has 0 amide bonds. The maximum Gasteiger partial charge on any atom is 0.149 e. The van der Waals surface area contributed by atoms with E-state index in [-0.39, 0.29) is 11.8 Å². The third-order valence-electron chi connectivity index (χ3n) is 6.54. The number of hydrogen-bond donors (Lipinski definition) is 1. The number of Topliss-reactive ketones (excluding diaryl/α,β-unsaturated/α-hetero) is 1. The maximum atomic E-state index is 13.1. The third-order valence-corrected chi connectivity index (χ3v) is 6.54. The molecule has 3 rings (SSSR count). The van der Waals surface area contributed by atoms with Crippen molar-refractivity contribution >= 4 is 29.3 Å². The number of carbonyl (C=O) groups excluding carboxylic acids is 1. The van der Waals surface area contributed by atoms with E-state index in [1.54, 1.807) is 0 Å². The molecule has 0 spiro atoms. The van der Waals surface area contributed by atoms with Gasteiger partial charge in [0.05, 0.1) is 0 Å². The van der Waals surface area contributed by atoms with Crippen molar-refractivity contribution in [3.05, 3.63) is 71.8 Å². The Bertz CT molecular complexity index is 847. The summed E-state index contributed by atoms with van der Waals surface area (Å²) in [4.78, 5) is 17.7. The molecule has 0 bridgehead atoms. The van der Waals surface area contributed by atoms with Crippen LogP contribution in [0.5, 0.6) is 0 Å². The van der Waals surface area contributed by atoms with Crippen LogP contribution in [0.1, 0.15) is 38.8 Å². The summed E-state index contributed by atoms with van der Waals surface area (Å²) in [6.07, 6.45) is 8.27. The first-order valence-corrected chi connectivity index (χ1v) is 12.4. The van der Waals surface area contributed by atoms with Crippen molar-refractivity contribution in [1.29, 1.82) is 0 Å². The minimum atomic E-state index is -0.0964. The fourth-order valence-corrected chi connectivity index (χ4v) is 4.42. The highest BCUT2D eigenvalue weighted by molar-refractivity contribution is 5.89. The summed E-state index contributed by atoms with van der Waals surface area (Å²) in [5, 5.41) is 3.43. The summed E-state index contributed by atoms with van der Waals surface area (Å²) in [7, 11) is 0. The van der Waals surface area contributed by atoms with E-state index in [1.807, 2.05) is 0 Å². The van der Waals surface area contributed by atoms with Gasteiger partial charge in [-0.25, -0.2) is 0 Å². The van der Waals surface area contributed by atoms with Crippen molar-refractivity contribution < 1.29 is 4.79 Å². The molecule has 4 nitrogen and oxygen atoms in total. The Hall–Kier alpha value is -2.85. The molecule has 2 aromatic rings. The van der Waals surface area contributed by atoms with Crippen molar-refractivity contribution in [2.75, 3.05) is 49.1 Å². The number of hydrogen-bond acceptors (Lipinski definition) is 4. The summed E-state index contributed by atoms with van der Waals surface area (Å²) in [6.45, 7) is 14.1. The summed E-state index contributed by atoms with van der Waals surface area (Å²) < 4.78 is 0. The minimum absolute atomic E-state index is 0.0964. The molecule has 1 saturated heterocycles. The molecular weight excluding hydrogens is 406 g/mol. The molecule has 2 atom stereocenters. The van der Waals surface area contributed by atoms with Crippen LogP contribution < -0.4 is 15.1 Å². The van der Waals surface area contributed by atoms with Crippen LogP contribution in [0.15, 0.2) is 60.7 Å². The van der Waals surface area contributed by atoms with Gasteiger partial charge in [0.25, 0.3) is 0 Å². The van der Waals surface area contributed by atoms with Gasteiger partial charge in [-0.2, -0.15) is 0 Å². The van der Waals surface area contributed by atoms with E-state index < -0.39 is 0 Å². The molecule has 1 N–H and O–H groups in total. The average Bonchev–Trinajstić information content (AvgIpc) is 2.86. The second kappa shape index (κ2) is 12.4. The zero-order valence-corrected chi connectivity index (χ0v) is 20.6. The number of nitrogens with zero attached hydrogens (tertiary/aromatic N) is 2. The van der Waals surface area contributed by atoms with Gasteiger partial charge in [-0.15, -0.1) is 0 Å². The molecule has 0 saturated carbocycles. The van der Waals surface area contributed by atoms with Gasteiger partial charge in [0, 0.05) is 62.5 Å². The van der Waals surface area contributed by atoms with E-state index in [2.05, 4.69) is 116 Å². The Morgan fingerprint density at radius 3 is 1.39 bits per heavy atom. The van der Waals surface area contributed by atoms with Crippen LogP contribution in [0.2, 0.25) is 0 Å². The molecule has 4 heteroatoms. The number of piperidine rings is 1. The largest absolute Gasteiger partial charge is 0.372 e. The van der Waals surface area contributed by atoms with Crippen LogP contribution >= 0.6 is 0 Å². The number of benzene rings is 2. The molecule has 176 valence electrons. The van der Waals surface area contributed by atoms with Crippen LogP contribution in [-0.4, -0.2) is 45.1 Å². The Morgan fingerprint density at radius 2 is 1.06 bits per heavy atom. The second-order valence-electron chi connectivity index (χ2n) is 8.52. The Labute approximate surface area is 200 Å². The normalized spacial score (nSPS) is 18.8. The van der Waals surface area contributed by atoms with Gasteiger partial charge < -0.3 is 15.1 Å². The molecule has 33 heavy (non-hydrogen) atoms. The summed E-state index contributed by atoms with van der Waals surface area (Å²) in [6, 6.07) is 17.1. The zero-order chi connectivity index (χ0) is 23.6. The van der Waals surface area contributed by atoms with E-state index in [1.165, 1.54) is 11.4 Å². The standard InChI is InChI=1S/C29H39N3O/c1-5-31(6-2)27-17-11-23(12-18-27)9-15-25-21-30-22-26(29(25)33)16-10-24-13-19-28(20-14-24)32(7-3)8-4/h9-20,25-26,30H,5-8,21-22H2,1-4H3. The first-order chi connectivity index (χ1) is 16.1. The highest BCUT2D eigenvalue weighted by Crippen LogP contribution is 2.21. The topological polar surface area (TPSA) is 35.6 Å². The molecule has 0 aliphatic carbocycles. The fourth-order valence-electron chi connectivity index (χ4n) is 4.42. The number of nitrogens with one attached hydrogen (secondary N) is 1. The smallest absolute Gasteiger partial charge is 0.149 e. The zero-order valence-electron chi connectivity index (χ0n) is 20.6. The van der Waals surface area contributed by atoms with E-state index in [9.17, 15) is 4.79 Å². The number of rotatable bonds is 10. The van der Waals surface area contributed by atoms with E-state index in [4.69, 9.17) is 0 Å². The number of ketones is 1. The van der Waals surface area contributed by atoms with Gasteiger partial charge in [-0.1, -0.05) is 48.6 Å². The van der Waals surface area contributed by atoms with Crippen LogP contribution in [0.25, 0.3) is 12.2 Å². The lowest BCUT2D eigenvalue weighted by Gasteiger charge is -2.25. The quantitative estimate of drug-likeness (QED) is 0.523. The molecule has 1 aliphatic heterocycles. The van der Waals surface area contributed by atoms with Gasteiger partial charge in [0.15, 0.2) is 0 Å². The molecule has 1 aliphatic rings. The van der Waals surface area contributed by atoms with Crippen molar-refractivity contribution in [3.63, 3.8) is 0 Å².